The molecule has 3 aromatic heterocycles. The zero-order valence-electron chi connectivity index (χ0n) is 11.7. The first-order chi connectivity index (χ1) is 11.2. The zero-order valence-corrected chi connectivity index (χ0v) is 13.3. The number of imidazole rings is 1. The van der Waals surface area contributed by atoms with Crippen molar-refractivity contribution in [3.8, 4) is 11.3 Å². The number of rotatable bonds is 3. The second kappa shape index (κ2) is 5.60. The van der Waals surface area contributed by atoms with E-state index in [4.69, 9.17) is 0 Å². The number of anilines is 1. The van der Waals surface area contributed by atoms with Crippen LogP contribution in [0.4, 0.5) is 10.2 Å². The average molecular weight is 343 g/mol. The quantitative estimate of drug-likeness (QED) is 0.595. The lowest BCUT2D eigenvalue weighted by molar-refractivity contribution is 0.103. The van der Waals surface area contributed by atoms with Gasteiger partial charge in [-0.15, -0.1) is 22.7 Å². The van der Waals surface area contributed by atoms with Crippen molar-refractivity contribution in [1.82, 2.24) is 9.38 Å². The van der Waals surface area contributed by atoms with E-state index in [1.54, 1.807) is 18.2 Å². The van der Waals surface area contributed by atoms with Gasteiger partial charge in [0.05, 0.1) is 4.88 Å². The van der Waals surface area contributed by atoms with Crippen molar-refractivity contribution in [2.75, 3.05) is 5.32 Å². The molecule has 0 unspecified atom stereocenters. The Morgan fingerprint density at radius 2 is 1.96 bits per heavy atom. The number of fused-ring (bicyclic) bond motifs is 1. The monoisotopic (exact) mass is 343 g/mol. The second-order valence-corrected chi connectivity index (χ2v) is 6.62. The van der Waals surface area contributed by atoms with Crippen LogP contribution in [0.2, 0.25) is 0 Å². The molecule has 0 aliphatic carbocycles. The van der Waals surface area contributed by atoms with Crippen molar-refractivity contribution in [2.45, 2.75) is 0 Å². The minimum Gasteiger partial charge on any atom is -0.305 e. The minimum absolute atomic E-state index is 0.184. The number of hydrogen-bond acceptors (Lipinski definition) is 4. The number of aromatic nitrogens is 2. The van der Waals surface area contributed by atoms with Crippen LogP contribution in [0.5, 0.6) is 0 Å². The molecule has 114 valence electrons. The molecule has 4 rings (SSSR count). The molecule has 23 heavy (non-hydrogen) atoms. The highest BCUT2D eigenvalue weighted by Gasteiger charge is 2.18. The van der Waals surface area contributed by atoms with Gasteiger partial charge in [0.2, 0.25) is 0 Å². The fourth-order valence-electron chi connectivity index (χ4n) is 2.29. The summed E-state index contributed by atoms with van der Waals surface area (Å²) in [5, 5.41) is 6.67. The van der Waals surface area contributed by atoms with E-state index in [1.165, 1.54) is 34.8 Å². The van der Waals surface area contributed by atoms with Gasteiger partial charge in [-0.05, 0) is 35.7 Å². The fraction of sp³-hybridized carbons (Fsp3) is 0. The van der Waals surface area contributed by atoms with Gasteiger partial charge >= 0.3 is 0 Å². The number of halogens is 1. The number of nitrogens with zero attached hydrogens (tertiary/aromatic N) is 2. The lowest BCUT2D eigenvalue weighted by Gasteiger charge is -2.06. The summed E-state index contributed by atoms with van der Waals surface area (Å²) in [6.45, 7) is 0. The van der Waals surface area contributed by atoms with E-state index in [0.29, 0.717) is 16.4 Å². The third kappa shape index (κ3) is 2.54. The highest BCUT2D eigenvalue weighted by Crippen LogP contribution is 2.31. The first kappa shape index (κ1) is 14.1. The molecule has 0 saturated carbocycles. The molecule has 3 heterocycles. The van der Waals surface area contributed by atoms with Gasteiger partial charge in [0.15, 0.2) is 4.96 Å². The van der Waals surface area contributed by atoms with Crippen LogP contribution in [0.25, 0.3) is 16.2 Å². The zero-order chi connectivity index (χ0) is 15.8. The summed E-state index contributed by atoms with van der Waals surface area (Å²) in [5.41, 5.74) is 1.38. The summed E-state index contributed by atoms with van der Waals surface area (Å²) in [4.78, 5) is 18.3. The van der Waals surface area contributed by atoms with Gasteiger partial charge < -0.3 is 5.32 Å². The molecule has 0 atom stereocenters. The van der Waals surface area contributed by atoms with Gasteiger partial charge in [-0.1, -0.05) is 6.07 Å². The number of amides is 1. The highest BCUT2D eigenvalue weighted by molar-refractivity contribution is 7.15. The Labute approximate surface area is 138 Å². The van der Waals surface area contributed by atoms with E-state index in [-0.39, 0.29) is 11.7 Å². The maximum absolute atomic E-state index is 13.2. The van der Waals surface area contributed by atoms with Crippen LogP contribution in [0.3, 0.4) is 0 Å². The molecule has 0 fully saturated rings. The average Bonchev–Trinajstić information content (AvgIpc) is 3.26. The predicted octanol–water partition coefficient (Wildman–Crippen LogP) is 4.52. The number of thiophene rings is 1. The standard InChI is InChI=1S/C16H10FN3OS2/c17-11-5-3-10(4-6-11)13-14(20-7-9-23-16(20)18-13)19-15(21)12-2-1-8-22-12/h1-9H,(H,19,21). The largest absolute Gasteiger partial charge is 0.305 e. The summed E-state index contributed by atoms with van der Waals surface area (Å²) in [6, 6.07) is 9.67. The van der Waals surface area contributed by atoms with E-state index in [9.17, 15) is 9.18 Å². The number of benzene rings is 1. The number of carbonyl (C=O) groups is 1. The normalized spacial score (nSPS) is 11.0. The van der Waals surface area contributed by atoms with Crippen LogP contribution in [0.15, 0.2) is 53.4 Å². The van der Waals surface area contributed by atoms with Crippen LogP contribution >= 0.6 is 22.7 Å². The molecule has 0 saturated heterocycles. The van der Waals surface area contributed by atoms with E-state index in [1.807, 2.05) is 27.4 Å². The van der Waals surface area contributed by atoms with Crippen molar-refractivity contribution < 1.29 is 9.18 Å². The maximum Gasteiger partial charge on any atom is 0.266 e. The van der Waals surface area contributed by atoms with Gasteiger partial charge in [0.25, 0.3) is 5.91 Å². The topological polar surface area (TPSA) is 46.4 Å². The lowest BCUT2D eigenvalue weighted by Crippen LogP contribution is -2.12. The molecule has 0 aliphatic heterocycles. The van der Waals surface area contributed by atoms with Crippen molar-refractivity contribution in [3.05, 3.63) is 64.0 Å². The van der Waals surface area contributed by atoms with Crippen LogP contribution < -0.4 is 5.32 Å². The van der Waals surface area contributed by atoms with Crippen molar-refractivity contribution >= 4 is 39.4 Å². The molecule has 1 N–H and O–H groups in total. The molecule has 1 aromatic carbocycles. The Bertz CT molecular complexity index is 971. The first-order valence-electron chi connectivity index (χ1n) is 6.79. The Hall–Kier alpha value is -2.51. The van der Waals surface area contributed by atoms with Gasteiger partial charge in [-0.2, -0.15) is 0 Å². The van der Waals surface area contributed by atoms with Gasteiger partial charge in [0, 0.05) is 17.1 Å². The summed E-state index contributed by atoms with van der Waals surface area (Å²) < 4.78 is 15.0. The van der Waals surface area contributed by atoms with Crippen molar-refractivity contribution in [3.63, 3.8) is 0 Å². The third-order valence-corrected chi connectivity index (χ3v) is 4.98. The van der Waals surface area contributed by atoms with Gasteiger partial charge in [0.1, 0.15) is 17.3 Å². The highest BCUT2D eigenvalue weighted by atomic mass is 32.1. The number of nitrogens with one attached hydrogen (secondary N) is 1. The Balaban J connectivity index is 1.80. The number of hydrogen-bond donors (Lipinski definition) is 1. The molecule has 0 spiro atoms. The molecular weight excluding hydrogens is 333 g/mol. The molecule has 0 aliphatic rings. The van der Waals surface area contributed by atoms with E-state index >= 15 is 0 Å². The van der Waals surface area contributed by atoms with E-state index in [2.05, 4.69) is 10.3 Å². The van der Waals surface area contributed by atoms with Crippen molar-refractivity contribution in [1.29, 1.82) is 0 Å². The lowest BCUT2D eigenvalue weighted by atomic mass is 10.1. The number of carbonyl (C=O) groups excluding carboxylic acids is 1. The predicted molar refractivity (Wildman–Crippen MR) is 90.7 cm³/mol. The summed E-state index contributed by atoms with van der Waals surface area (Å²) in [5.74, 6) is 0.0987. The smallest absolute Gasteiger partial charge is 0.266 e. The van der Waals surface area contributed by atoms with Crippen LogP contribution in [0, 0.1) is 5.82 Å². The van der Waals surface area contributed by atoms with E-state index in [0.717, 1.165) is 10.5 Å². The van der Waals surface area contributed by atoms with Gasteiger partial charge in [-0.3, -0.25) is 9.20 Å². The molecule has 4 nitrogen and oxygen atoms in total. The molecule has 4 aromatic rings. The molecule has 7 heteroatoms. The van der Waals surface area contributed by atoms with Crippen LogP contribution in [-0.4, -0.2) is 15.3 Å². The Morgan fingerprint density at radius 1 is 1.13 bits per heavy atom. The van der Waals surface area contributed by atoms with Gasteiger partial charge in [-0.25, -0.2) is 9.37 Å². The SMILES string of the molecule is O=C(Nc1c(-c2ccc(F)cc2)nc2sccn12)c1cccs1. The Morgan fingerprint density at radius 3 is 2.70 bits per heavy atom. The van der Waals surface area contributed by atoms with Crippen molar-refractivity contribution in [2.24, 2.45) is 0 Å². The summed E-state index contributed by atoms with van der Waals surface area (Å²) in [6.07, 6.45) is 1.85. The number of thiazole rings is 1. The Kier molecular flexibility index (Phi) is 3.44. The van der Waals surface area contributed by atoms with E-state index < -0.39 is 0 Å². The first-order valence-corrected chi connectivity index (χ1v) is 8.54. The third-order valence-electron chi connectivity index (χ3n) is 3.36. The molecule has 0 radical (unpaired) electrons. The molecule has 0 bridgehead atoms. The second-order valence-electron chi connectivity index (χ2n) is 4.80. The van der Waals surface area contributed by atoms with Crippen LogP contribution in [-0.2, 0) is 0 Å². The fourth-order valence-corrected chi connectivity index (χ4v) is 3.62. The maximum atomic E-state index is 13.2. The summed E-state index contributed by atoms with van der Waals surface area (Å²) >= 11 is 2.85. The molecular formula is C16H10FN3OS2. The van der Waals surface area contributed by atoms with Crippen LogP contribution in [0.1, 0.15) is 9.67 Å². The molecule has 1 amide bonds. The minimum atomic E-state index is -0.307. The summed E-state index contributed by atoms with van der Waals surface area (Å²) in [7, 11) is 0.